The molecule has 1 fully saturated rings. The Labute approximate surface area is 165 Å². The van der Waals surface area contributed by atoms with E-state index in [9.17, 15) is 15.2 Å². The molecule has 1 aliphatic rings. The molecule has 0 radical (unpaired) electrons. The Morgan fingerprint density at radius 3 is 2.78 bits per heavy atom. The molecule has 0 saturated carbocycles. The number of anilines is 1. The van der Waals surface area contributed by atoms with Gasteiger partial charge in [-0.05, 0) is 41.1 Å². The van der Waals surface area contributed by atoms with Gasteiger partial charge in [0.2, 0.25) is 5.95 Å². The number of carbonyl (C=O) groups is 1. The van der Waals surface area contributed by atoms with E-state index in [-0.39, 0.29) is 17.2 Å². The van der Waals surface area contributed by atoms with Crippen molar-refractivity contribution in [2.24, 2.45) is 5.41 Å². The minimum Gasteiger partial charge on any atom is -0.465 e. The predicted molar refractivity (Wildman–Crippen MR) is 103 cm³/mol. The Balaban J connectivity index is 2.04. The first-order valence-electron chi connectivity index (χ1n) is 8.63. The average molecular weight is 436 g/mol. The van der Waals surface area contributed by atoms with E-state index >= 15 is 0 Å². The molecular formula is C17H22BrN7O2. The molecule has 27 heavy (non-hydrogen) atoms. The van der Waals surface area contributed by atoms with Crippen LogP contribution in [-0.2, 0) is 0 Å². The van der Waals surface area contributed by atoms with Gasteiger partial charge in [-0.2, -0.15) is 15.3 Å². The molecule has 1 amide bonds. The van der Waals surface area contributed by atoms with Crippen molar-refractivity contribution >= 4 is 39.0 Å². The SMILES string of the molecule is CC1(NC(=O)O)CCN(c2nc(C#N)c3c(Br)[nH]nc3n2)C(C(C)(C)C)C1. The fourth-order valence-electron chi connectivity index (χ4n) is 3.63. The minimum absolute atomic E-state index is 0.0190. The molecule has 0 aliphatic carbocycles. The number of nitrogens with one attached hydrogen (secondary N) is 2. The van der Waals surface area contributed by atoms with Crippen LogP contribution in [-0.4, -0.2) is 49.5 Å². The van der Waals surface area contributed by atoms with Crippen molar-refractivity contribution in [3.05, 3.63) is 10.3 Å². The summed E-state index contributed by atoms with van der Waals surface area (Å²) in [5.41, 5.74) is -0.00918. The molecule has 3 heterocycles. The van der Waals surface area contributed by atoms with Crippen molar-refractivity contribution in [1.29, 1.82) is 5.26 Å². The Bertz CT molecular complexity index is 930. The summed E-state index contributed by atoms with van der Waals surface area (Å²) < 4.78 is 0.574. The van der Waals surface area contributed by atoms with Crippen molar-refractivity contribution in [2.75, 3.05) is 11.4 Å². The van der Waals surface area contributed by atoms with Crippen molar-refractivity contribution < 1.29 is 9.90 Å². The summed E-state index contributed by atoms with van der Waals surface area (Å²) in [6, 6.07) is 2.10. The number of nitrogens with zero attached hydrogens (tertiary/aromatic N) is 5. The molecule has 3 N–H and O–H groups in total. The van der Waals surface area contributed by atoms with Gasteiger partial charge < -0.3 is 15.3 Å². The molecule has 0 bridgehead atoms. The van der Waals surface area contributed by atoms with Crippen LogP contribution in [0.15, 0.2) is 4.60 Å². The molecule has 2 aromatic heterocycles. The molecule has 144 valence electrons. The smallest absolute Gasteiger partial charge is 0.405 e. The third kappa shape index (κ3) is 3.69. The molecule has 1 saturated heterocycles. The Hall–Kier alpha value is -2.41. The number of hydrogen-bond acceptors (Lipinski definition) is 6. The second-order valence-corrected chi connectivity index (χ2v) is 9.03. The lowest BCUT2D eigenvalue weighted by Crippen LogP contribution is -2.60. The number of rotatable bonds is 2. The van der Waals surface area contributed by atoms with Crippen LogP contribution in [0.2, 0.25) is 0 Å². The van der Waals surface area contributed by atoms with Crippen molar-refractivity contribution in [3.63, 3.8) is 0 Å². The Kier molecular flexibility index (Phi) is 4.76. The lowest BCUT2D eigenvalue weighted by atomic mass is 9.74. The molecule has 2 atom stereocenters. The van der Waals surface area contributed by atoms with Crippen molar-refractivity contribution in [1.82, 2.24) is 25.5 Å². The highest BCUT2D eigenvalue weighted by atomic mass is 79.9. The summed E-state index contributed by atoms with van der Waals surface area (Å²) in [5, 5.41) is 28.8. The van der Waals surface area contributed by atoms with Crippen molar-refractivity contribution in [2.45, 2.75) is 52.1 Å². The van der Waals surface area contributed by atoms with Crippen LogP contribution >= 0.6 is 15.9 Å². The standard InChI is InChI=1S/C17H22BrN7O2/c1-16(2,3)10-7-17(4,22-15(26)27)5-6-25(10)14-20-9(8-19)11-12(18)23-24-13(11)21-14/h10,22H,5-7H2,1-4H3,(H,26,27)(H,20,21,23,24). The number of carboxylic acid groups (broad SMARTS) is 1. The first-order chi connectivity index (χ1) is 12.5. The van der Waals surface area contributed by atoms with Gasteiger partial charge in [0.05, 0.1) is 5.39 Å². The number of hydrogen-bond donors (Lipinski definition) is 3. The Morgan fingerprint density at radius 2 is 2.19 bits per heavy atom. The van der Waals surface area contributed by atoms with Gasteiger partial charge in [0, 0.05) is 18.1 Å². The zero-order chi connectivity index (χ0) is 20.0. The summed E-state index contributed by atoms with van der Waals surface area (Å²) >= 11 is 3.33. The van der Waals surface area contributed by atoms with Crippen molar-refractivity contribution in [3.8, 4) is 6.07 Å². The summed E-state index contributed by atoms with van der Waals surface area (Å²) in [5.74, 6) is 0.440. The highest BCUT2D eigenvalue weighted by molar-refractivity contribution is 9.10. The van der Waals surface area contributed by atoms with E-state index in [0.717, 1.165) is 0 Å². The molecule has 2 unspecified atom stereocenters. The van der Waals surface area contributed by atoms with Gasteiger partial charge in [-0.1, -0.05) is 20.8 Å². The van der Waals surface area contributed by atoms with E-state index < -0.39 is 11.6 Å². The van der Waals surface area contributed by atoms with Gasteiger partial charge in [-0.25, -0.2) is 9.78 Å². The van der Waals surface area contributed by atoms with Crippen LogP contribution in [0.1, 0.15) is 46.2 Å². The highest BCUT2D eigenvalue weighted by Crippen LogP contribution is 2.38. The van der Waals surface area contributed by atoms with Gasteiger partial charge >= 0.3 is 6.09 Å². The number of amides is 1. The van der Waals surface area contributed by atoms with Gasteiger partial charge in [-0.15, -0.1) is 0 Å². The first kappa shape index (κ1) is 19.4. The summed E-state index contributed by atoms with van der Waals surface area (Å²) in [6.45, 7) is 8.80. The molecule has 0 aromatic carbocycles. The molecule has 2 aromatic rings. The van der Waals surface area contributed by atoms with E-state index in [1.165, 1.54) is 0 Å². The zero-order valence-corrected chi connectivity index (χ0v) is 17.3. The quantitative estimate of drug-likeness (QED) is 0.660. The maximum absolute atomic E-state index is 11.2. The predicted octanol–water partition coefficient (Wildman–Crippen LogP) is 3.03. The molecule has 3 rings (SSSR count). The number of halogens is 1. The summed E-state index contributed by atoms with van der Waals surface area (Å²) in [7, 11) is 0. The van der Waals surface area contributed by atoms with E-state index in [2.05, 4.69) is 73.2 Å². The number of H-pyrrole nitrogens is 1. The average Bonchev–Trinajstić information content (AvgIpc) is 2.93. The number of nitriles is 1. The van der Waals surface area contributed by atoms with Crippen LogP contribution in [0.4, 0.5) is 10.7 Å². The molecule has 0 spiro atoms. The normalized spacial score (nSPS) is 23.3. The summed E-state index contributed by atoms with van der Waals surface area (Å²) in [6.07, 6.45) is 0.194. The lowest BCUT2D eigenvalue weighted by molar-refractivity contribution is 0.147. The zero-order valence-electron chi connectivity index (χ0n) is 15.7. The van der Waals surface area contributed by atoms with Gasteiger partial charge in [0.15, 0.2) is 11.3 Å². The third-order valence-electron chi connectivity index (χ3n) is 5.05. The second kappa shape index (κ2) is 6.64. The van der Waals surface area contributed by atoms with Crippen LogP contribution < -0.4 is 10.2 Å². The van der Waals surface area contributed by atoms with Crippen LogP contribution in [0.25, 0.3) is 11.0 Å². The maximum atomic E-state index is 11.2. The first-order valence-corrected chi connectivity index (χ1v) is 9.43. The van der Waals surface area contributed by atoms with E-state index in [1.807, 2.05) is 6.92 Å². The van der Waals surface area contributed by atoms with Gasteiger partial charge in [0.1, 0.15) is 10.7 Å². The van der Waals surface area contributed by atoms with Gasteiger partial charge in [0.25, 0.3) is 0 Å². The minimum atomic E-state index is -1.02. The van der Waals surface area contributed by atoms with Crippen LogP contribution in [0.3, 0.4) is 0 Å². The largest absolute Gasteiger partial charge is 0.465 e. The fraction of sp³-hybridized carbons (Fsp3) is 0.588. The summed E-state index contributed by atoms with van der Waals surface area (Å²) in [4.78, 5) is 22.3. The highest BCUT2D eigenvalue weighted by Gasteiger charge is 2.43. The van der Waals surface area contributed by atoms with Gasteiger partial charge in [-0.3, -0.25) is 5.10 Å². The van der Waals surface area contributed by atoms with Crippen LogP contribution in [0.5, 0.6) is 0 Å². The third-order valence-corrected chi connectivity index (χ3v) is 5.63. The number of piperidine rings is 1. The van der Waals surface area contributed by atoms with E-state index in [4.69, 9.17) is 0 Å². The molecule has 1 aliphatic heterocycles. The number of aromatic amines is 1. The fourth-order valence-corrected chi connectivity index (χ4v) is 4.09. The van der Waals surface area contributed by atoms with E-state index in [0.29, 0.717) is 41.0 Å². The molecular weight excluding hydrogens is 414 g/mol. The molecule has 9 nitrogen and oxygen atoms in total. The maximum Gasteiger partial charge on any atom is 0.405 e. The molecule has 10 heteroatoms. The lowest BCUT2D eigenvalue weighted by Gasteiger charge is -2.49. The van der Waals surface area contributed by atoms with E-state index in [1.54, 1.807) is 0 Å². The topological polar surface area (TPSA) is 131 Å². The van der Waals surface area contributed by atoms with Crippen LogP contribution in [0, 0.1) is 16.7 Å². The monoisotopic (exact) mass is 435 g/mol. The number of fused-ring (bicyclic) bond motifs is 1. The Morgan fingerprint density at radius 1 is 1.48 bits per heavy atom. The second-order valence-electron chi connectivity index (χ2n) is 8.24. The number of aromatic nitrogens is 4.